The molecule has 0 aromatic carbocycles. The summed E-state index contributed by atoms with van der Waals surface area (Å²) >= 11 is 0.824. The van der Waals surface area contributed by atoms with Crippen LogP contribution in [0.25, 0.3) is 0 Å². The van der Waals surface area contributed by atoms with Gasteiger partial charge < -0.3 is 5.11 Å². The van der Waals surface area contributed by atoms with Crippen molar-refractivity contribution in [2.75, 3.05) is 13.1 Å². The van der Waals surface area contributed by atoms with Crippen LogP contribution in [-0.4, -0.2) is 48.7 Å². The summed E-state index contributed by atoms with van der Waals surface area (Å²) in [4.78, 5) is 33.3. The maximum absolute atomic E-state index is 12.3. The van der Waals surface area contributed by atoms with E-state index in [-0.39, 0.29) is 9.77 Å². The van der Waals surface area contributed by atoms with Crippen molar-refractivity contribution in [1.82, 2.24) is 9.62 Å². The molecule has 2 rings (SSSR count). The third-order valence-corrected chi connectivity index (χ3v) is 5.71. The van der Waals surface area contributed by atoms with Crippen LogP contribution in [0.2, 0.25) is 0 Å². The van der Waals surface area contributed by atoms with E-state index in [1.165, 1.54) is 6.92 Å². The van der Waals surface area contributed by atoms with Crippen LogP contribution in [0.1, 0.15) is 14.5 Å². The number of nitrogens with one attached hydrogen (secondary N) is 1. The number of carboxylic acid groups (broad SMARTS) is 1. The Morgan fingerprint density at radius 1 is 1.35 bits per heavy atom. The second-order valence-corrected chi connectivity index (χ2v) is 7.24. The Labute approximate surface area is 118 Å². The van der Waals surface area contributed by atoms with Crippen molar-refractivity contribution in [3.05, 3.63) is 15.8 Å². The molecule has 8 nitrogen and oxygen atoms in total. The molecule has 1 aromatic rings. The largest absolute Gasteiger partial charge is 0.477 e. The fraction of sp³-hybridized carbons (Fsp3) is 0.300. The molecular formula is C10H10N2O6S2. The number of aromatic carboxylic acids is 1. The Kier molecular flexibility index (Phi) is 3.63. The molecule has 1 saturated heterocycles. The highest BCUT2D eigenvalue weighted by atomic mass is 32.2. The van der Waals surface area contributed by atoms with Crippen LogP contribution >= 0.6 is 11.3 Å². The molecule has 1 aliphatic rings. The first kappa shape index (κ1) is 14.6. The van der Waals surface area contributed by atoms with Crippen molar-refractivity contribution in [2.45, 2.75) is 11.8 Å². The number of piperazine rings is 1. The molecule has 0 aliphatic carbocycles. The van der Waals surface area contributed by atoms with E-state index < -0.39 is 40.9 Å². The lowest BCUT2D eigenvalue weighted by atomic mass is 10.4. The molecule has 1 aliphatic heterocycles. The number of imide groups is 1. The molecule has 108 valence electrons. The molecule has 2 amide bonds. The lowest BCUT2D eigenvalue weighted by Crippen LogP contribution is -2.53. The smallest absolute Gasteiger partial charge is 0.345 e. The van der Waals surface area contributed by atoms with Gasteiger partial charge in [-0.25, -0.2) is 13.2 Å². The van der Waals surface area contributed by atoms with Gasteiger partial charge in [-0.1, -0.05) is 0 Å². The normalized spacial score (nSPS) is 17.1. The molecular weight excluding hydrogens is 308 g/mol. The average Bonchev–Trinajstić information content (AvgIpc) is 2.71. The highest BCUT2D eigenvalue weighted by Crippen LogP contribution is 2.28. The number of hydrogen-bond acceptors (Lipinski definition) is 6. The predicted molar refractivity (Wildman–Crippen MR) is 67.9 cm³/mol. The van der Waals surface area contributed by atoms with Gasteiger partial charge in [-0.15, -0.1) is 11.3 Å². The number of nitrogens with zero attached hydrogens (tertiary/aromatic N) is 1. The Morgan fingerprint density at radius 3 is 2.35 bits per heavy atom. The zero-order valence-electron chi connectivity index (χ0n) is 10.2. The van der Waals surface area contributed by atoms with E-state index in [4.69, 9.17) is 5.11 Å². The van der Waals surface area contributed by atoms with Gasteiger partial charge >= 0.3 is 5.97 Å². The first-order valence-corrected chi connectivity index (χ1v) is 7.64. The van der Waals surface area contributed by atoms with Gasteiger partial charge in [0.05, 0.1) is 18.0 Å². The molecule has 0 radical (unpaired) electrons. The van der Waals surface area contributed by atoms with E-state index in [0.717, 1.165) is 21.7 Å². The summed E-state index contributed by atoms with van der Waals surface area (Å²) in [5, 5.41) is 10.9. The topological polar surface area (TPSA) is 121 Å². The van der Waals surface area contributed by atoms with Crippen LogP contribution in [0, 0.1) is 6.92 Å². The zero-order chi connectivity index (χ0) is 15.1. The summed E-state index contributed by atoms with van der Waals surface area (Å²) < 4.78 is 25.4. The predicted octanol–water partition coefficient (Wildman–Crippen LogP) is -0.598. The van der Waals surface area contributed by atoms with Gasteiger partial charge in [-0.3, -0.25) is 14.9 Å². The van der Waals surface area contributed by atoms with Gasteiger partial charge in [0, 0.05) is 4.88 Å². The van der Waals surface area contributed by atoms with E-state index in [1.54, 1.807) is 0 Å². The Balaban J connectivity index is 2.42. The van der Waals surface area contributed by atoms with Crippen LogP contribution in [0.5, 0.6) is 0 Å². The van der Waals surface area contributed by atoms with Crippen LogP contribution in [-0.2, 0) is 19.6 Å². The number of thiophene rings is 1. The number of carbonyl (C=O) groups is 3. The van der Waals surface area contributed by atoms with E-state index in [2.05, 4.69) is 0 Å². The maximum Gasteiger partial charge on any atom is 0.345 e. The minimum Gasteiger partial charge on any atom is -0.477 e. The molecule has 2 N–H and O–H groups in total. The second-order valence-electron chi connectivity index (χ2n) is 4.08. The Bertz CT molecular complexity index is 689. The molecule has 1 aromatic heterocycles. The van der Waals surface area contributed by atoms with Gasteiger partial charge in [0.2, 0.25) is 21.8 Å². The zero-order valence-corrected chi connectivity index (χ0v) is 11.9. The van der Waals surface area contributed by atoms with Crippen LogP contribution in [0.3, 0.4) is 0 Å². The summed E-state index contributed by atoms with van der Waals surface area (Å²) in [7, 11) is -4.07. The average molecular weight is 318 g/mol. The van der Waals surface area contributed by atoms with Crippen molar-refractivity contribution >= 4 is 39.1 Å². The second kappa shape index (κ2) is 4.96. The standard InChI is InChI=1S/C10H10N2O6S2/c1-5-7(2-6(19-5)10(15)16)20(17,18)12-3-8(13)11-9(14)4-12/h2H,3-4H2,1H3,(H,15,16)(H,11,13,14). The van der Waals surface area contributed by atoms with Crippen molar-refractivity contribution in [3.63, 3.8) is 0 Å². The summed E-state index contributed by atoms with van der Waals surface area (Å²) in [5.74, 6) is -2.65. The minimum atomic E-state index is -4.07. The maximum atomic E-state index is 12.3. The number of hydrogen-bond donors (Lipinski definition) is 2. The summed E-state index contributed by atoms with van der Waals surface area (Å²) in [6.07, 6.45) is 0. The molecule has 10 heteroatoms. The molecule has 0 atom stereocenters. The van der Waals surface area contributed by atoms with Crippen LogP contribution in [0.4, 0.5) is 0 Å². The number of carboxylic acids is 1. The molecule has 0 unspecified atom stereocenters. The van der Waals surface area contributed by atoms with Crippen molar-refractivity contribution in [1.29, 1.82) is 0 Å². The third-order valence-electron chi connectivity index (χ3n) is 2.62. The molecule has 0 saturated carbocycles. The molecule has 0 spiro atoms. The summed E-state index contributed by atoms with van der Waals surface area (Å²) in [6, 6.07) is 1.04. The number of aryl methyl sites for hydroxylation is 1. The minimum absolute atomic E-state index is 0.117. The van der Waals surface area contributed by atoms with Crippen molar-refractivity contribution in [2.24, 2.45) is 0 Å². The van der Waals surface area contributed by atoms with Crippen LogP contribution in [0.15, 0.2) is 11.0 Å². The molecule has 0 bridgehead atoms. The van der Waals surface area contributed by atoms with Crippen LogP contribution < -0.4 is 5.32 Å². The third kappa shape index (κ3) is 2.57. The summed E-state index contributed by atoms with van der Waals surface area (Å²) in [5.41, 5.74) is 0. The Hall–Kier alpha value is -1.78. The van der Waals surface area contributed by atoms with Gasteiger partial charge in [0.15, 0.2) is 0 Å². The SMILES string of the molecule is Cc1sc(C(=O)O)cc1S(=O)(=O)N1CC(=O)NC(=O)C1. The van der Waals surface area contributed by atoms with Gasteiger partial charge in [0.25, 0.3) is 0 Å². The quantitative estimate of drug-likeness (QED) is 0.718. The van der Waals surface area contributed by atoms with Gasteiger partial charge in [-0.05, 0) is 13.0 Å². The lowest BCUT2D eigenvalue weighted by molar-refractivity contribution is -0.134. The fourth-order valence-corrected chi connectivity index (χ4v) is 4.50. The van der Waals surface area contributed by atoms with Crippen molar-refractivity contribution in [3.8, 4) is 0 Å². The lowest BCUT2D eigenvalue weighted by Gasteiger charge is -2.24. The van der Waals surface area contributed by atoms with E-state index in [1.807, 2.05) is 5.32 Å². The first-order valence-electron chi connectivity index (χ1n) is 5.38. The van der Waals surface area contributed by atoms with Crippen molar-refractivity contribution < 1.29 is 27.9 Å². The summed E-state index contributed by atoms with van der Waals surface area (Å²) in [6.45, 7) is 0.535. The molecule has 2 heterocycles. The first-order chi connectivity index (χ1) is 9.21. The molecule has 20 heavy (non-hydrogen) atoms. The number of amides is 2. The Morgan fingerprint density at radius 2 is 1.90 bits per heavy atom. The van der Waals surface area contributed by atoms with E-state index in [0.29, 0.717) is 4.88 Å². The van der Waals surface area contributed by atoms with E-state index >= 15 is 0 Å². The number of carbonyl (C=O) groups excluding carboxylic acids is 2. The molecule has 1 fully saturated rings. The highest BCUT2D eigenvalue weighted by molar-refractivity contribution is 7.89. The number of sulfonamides is 1. The highest BCUT2D eigenvalue weighted by Gasteiger charge is 2.35. The van der Waals surface area contributed by atoms with Gasteiger partial charge in [0.1, 0.15) is 4.88 Å². The monoisotopic (exact) mass is 318 g/mol. The van der Waals surface area contributed by atoms with E-state index in [9.17, 15) is 22.8 Å². The fourth-order valence-electron chi connectivity index (χ4n) is 1.75. The van der Waals surface area contributed by atoms with Gasteiger partial charge in [-0.2, -0.15) is 4.31 Å². The number of rotatable bonds is 3.